The normalized spacial score (nSPS) is 14.1. The van der Waals surface area contributed by atoms with Crippen molar-refractivity contribution < 1.29 is 18.7 Å². The van der Waals surface area contributed by atoms with Crippen LogP contribution in [0.3, 0.4) is 0 Å². The number of carbonyl (C=O) groups is 1. The molecular weight excluding hydrogens is 376 g/mol. The first-order chi connectivity index (χ1) is 13.6. The smallest absolute Gasteiger partial charge is 0.226 e. The van der Waals surface area contributed by atoms with Gasteiger partial charge < -0.3 is 19.2 Å². The fourth-order valence-corrected chi connectivity index (χ4v) is 3.96. The molecule has 0 bridgehead atoms. The lowest BCUT2D eigenvalue weighted by Crippen LogP contribution is -2.33. The second-order valence-electron chi connectivity index (χ2n) is 6.99. The van der Waals surface area contributed by atoms with E-state index in [9.17, 15) is 4.79 Å². The van der Waals surface area contributed by atoms with Gasteiger partial charge >= 0.3 is 0 Å². The molecule has 0 saturated carbocycles. The number of rotatable bonds is 6. The summed E-state index contributed by atoms with van der Waals surface area (Å²) >= 11 is 1.47. The van der Waals surface area contributed by atoms with Gasteiger partial charge in [0.2, 0.25) is 5.91 Å². The third kappa shape index (κ3) is 4.04. The second-order valence-corrected chi connectivity index (χ2v) is 7.85. The van der Waals surface area contributed by atoms with Gasteiger partial charge in [-0.1, -0.05) is 19.9 Å². The molecule has 1 N–H and O–H groups in total. The van der Waals surface area contributed by atoms with Gasteiger partial charge in [-0.3, -0.25) is 4.79 Å². The molecule has 3 heterocycles. The maximum Gasteiger partial charge on any atom is 0.226 e. The Balaban J connectivity index is 1.45. The topological polar surface area (TPSA) is 73.6 Å². The number of amides is 1. The van der Waals surface area contributed by atoms with Crippen molar-refractivity contribution in [3.8, 4) is 22.3 Å². The van der Waals surface area contributed by atoms with Crippen molar-refractivity contribution in [2.24, 2.45) is 5.92 Å². The molecule has 2 aromatic heterocycles. The van der Waals surface area contributed by atoms with Crippen LogP contribution in [0, 0.1) is 5.92 Å². The maximum atomic E-state index is 12.7. The number of nitrogens with zero attached hydrogens (tertiary/aromatic N) is 1. The Morgan fingerprint density at radius 3 is 2.79 bits per heavy atom. The summed E-state index contributed by atoms with van der Waals surface area (Å²) in [7, 11) is 0. The Morgan fingerprint density at radius 2 is 2.04 bits per heavy atom. The number of fused-ring (bicyclic) bond motifs is 1. The number of aromatic nitrogens is 1. The average molecular weight is 398 g/mol. The van der Waals surface area contributed by atoms with E-state index in [1.54, 1.807) is 6.26 Å². The van der Waals surface area contributed by atoms with Gasteiger partial charge in [-0.25, -0.2) is 4.98 Å². The molecule has 1 atom stereocenters. The SMILES string of the molecule is CC(C)C(NC(=O)Cc1csc(-c2ccco2)n1)c1ccc2c(c1)OCCO2. The van der Waals surface area contributed by atoms with E-state index in [1.165, 1.54) is 11.3 Å². The molecule has 1 aromatic carbocycles. The summed E-state index contributed by atoms with van der Waals surface area (Å²) < 4.78 is 16.6. The predicted octanol–water partition coefficient (Wildman–Crippen LogP) is 4.23. The third-order valence-electron chi connectivity index (χ3n) is 4.53. The lowest BCUT2D eigenvalue weighted by Gasteiger charge is -2.25. The third-order valence-corrected chi connectivity index (χ3v) is 5.44. The van der Waals surface area contributed by atoms with E-state index < -0.39 is 0 Å². The van der Waals surface area contributed by atoms with E-state index >= 15 is 0 Å². The number of furan rings is 1. The molecule has 7 heteroatoms. The Kier molecular flexibility index (Phi) is 5.34. The zero-order chi connectivity index (χ0) is 19.5. The molecule has 1 aliphatic rings. The maximum absolute atomic E-state index is 12.7. The van der Waals surface area contributed by atoms with Crippen LogP contribution in [0.25, 0.3) is 10.8 Å². The van der Waals surface area contributed by atoms with E-state index in [0.29, 0.717) is 19.0 Å². The van der Waals surface area contributed by atoms with Crippen molar-refractivity contribution in [1.82, 2.24) is 10.3 Å². The second kappa shape index (κ2) is 8.06. The number of benzene rings is 1. The van der Waals surface area contributed by atoms with Crippen LogP contribution in [0.1, 0.15) is 31.1 Å². The van der Waals surface area contributed by atoms with Crippen LogP contribution in [0.4, 0.5) is 0 Å². The summed E-state index contributed by atoms with van der Waals surface area (Å²) in [5.74, 6) is 2.35. The van der Waals surface area contributed by atoms with Crippen LogP contribution in [-0.2, 0) is 11.2 Å². The van der Waals surface area contributed by atoms with Crippen molar-refractivity contribution >= 4 is 17.2 Å². The van der Waals surface area contributed by atoms with Crippen LogP contribution in [-0.4, -0.2) is 24.1 Å². The van der Waals surface area contributed by atoms with Gasteiger partial charge in [0.05, 0.1) is 24.4 Å². The molecule has 0 saturated heterocycles. The number of thiazole rings is 1. The Hall–Kier alpha value is -2.80. The van der Waals surface area contributed by atoms with Gasteiger partial charge in [0, 0.05) is 5.38 Å². The van der Waals surface area contributed by atoms with Gasteiger partial charge in [0.25, 0.3) is 0 Å². The Bertz CT molecular complexity index is 949. The van der Waals surface area contributed by atoms with Crippen LogP contribution in [0.5, 0.6) is 11.5 Å². The standard InChI is InChI=1S/C21H22N2O4S/c1-13(2)20(14-5-6-16-18(10-14)27-9-8-26-16)23-19(24)11-15-12-28-21(22-15)17-4-3-7-25-17/h3-7,10,12-13,20H,8-9,11H2,1-2H3,(H,23,24). The average Bonchev–Trinajstić information content (AvgIpc) is 3.37. The minimum atomic E-state index is -0.119. The highest BCUT2D eigenvalue weighted by molar-refractivity contribution is 7.13. The summed E-state index contributed by atoms with van der Waals surface area (Å²) in [6.07, 6.45) is 1.84. The fourth-order valence-electron chi connectivity index (χ4n) is 3.18. The largest absolute Gasteiger partial charge is 0.486 e. The molecule has 3 aromatic rings. The summed E-state index contributed by atoms with van der Waals surface area (Å²) in [6.45, 7) is 5.26. The van der Waals surface area contributed by atoms with Gasteiger partial charge in [0.1, 0.15) is 13.2 Å². The number of ether oxygens (including phenoxy) is 2. The highest BCUT2D eigenvalue weighted by atomic mass is 32.1. The first-order valence-electron chi connectivity index (χ1n) is 9.27. The van der Waals surface area contributed by atoms with Gasteiger partial charge in [0.15, 0.2) is 22.3 Å². The molecule has 0 radical (unpaired) electrons. The summed E-state index contributed by atoms with van der Waals surface area (Å²) in [5.41, 5.74) is 1.74. The number of hydrogen-bond donors (Lipinski definition) is 1. The van der Waals surface area contributed by atoms with Crippen LogP contribution >= 0.6 is 11.3 Å². The van der Waals surface area contributed by atoms with Crippen molar-refractivity contribution in [2.75, 3.05) is 13.2 Å². The van der Waals surface area contributed by atoms with Crippen molar-refractivity contribution in [1.29, 1.82) is 0 Å². The zero-order valence-corrected chi connectivity index (χ0v) is 16.6. The van der Waals surface area contributed by atoms with E-state index in [2.05, 4.69) is 24.1 Å². The molecule has 0 fully saturated rings. The van der Waals surface area contributed by atoms with Crippen LogP contribution in [0.2, 0.25) is 0 Å². The quantitative estimate of drug-likeness (QED) is 0.673. The summed E-state index contributed by atoms with van der Waals surface area (Å²) in [5, 5.41) is 5.81. The number of hydrogen-bond acceptors (Lipinski definition) is 6. The lowest BCUT2D eigenvalue weighted by atomic mass is 9.95. The van der Waals surface area contributed by atoms with E-state index in [-0.39, 0.29) is 24.3 Å². The summed E-state index contributed by atoms with van der Waals surface area (Å²) in [4.78, 5) is 17.2. The van der Waals surface area contributed by atoms with Crippen molar-refractivity contribution in [3.05, 3.63) is 53.2 Å². The van der Waals surface area contributed by atoms with E-state index in [4.69, 9.17) is 13.9 Å². The Labute approximate surface area is 167 Å². The molecule has 0 aliphatic carbocycles. The Morgan fingerprint density at radius 1 is 1.21 bits per heavy atom. The molecule has 1 aliphatic heterocycles. The highest BCUT2D eigenvalue weighted by Crippen LogP contribution is 2.34. The fraction of sp³-hybridized carbons (Fsp3) is 0.333. The first kappa shape index (κ1) is 18.6. The molecule has 1 unspecified atom stereocenters. The molecule has 28 heavy (non-hydrogen) atoms. The monoisotopic (exact) mass is 398 g/mol. The summed E-state index contributed by atoms with van der Waals surface area (Å²) in [6, 6.07) is 9.41. The molecule has 146 valence electrons. The van der Waals surface area contributed by atoms with Crippen LogP contribution < -0.4 is 14.8 Å². The number of carbonyl (C=O) groups excluding carboxylic acids is 1. The van der Waals surface area contributed by atoms with Gasteiger partial charge in [-0.2, -0.15) is 0 Å². The lowest BCUT2D eigenvalue weighted by molar-refractivity contribution is -0.121. The molecule has 6 nitrogen and oxygen atoms in total. The number of nitrogens with one attached hydrogen (secondary N) is 1. The predicted molar refractivity (Wildman–Crippen MR) is 107 cm³/mol. The van der Waals surface area contributed by atoms with Crippen molar-refractivity contribution in [2.45, 2.75) is 26.3 Å². The molecule has 1 amide bonds. The minimum Gasteiger partial charge on any atom is -0.486 e. The zero-order valence-electron chi connectivity index (χ0n) is 15.8. The van der Waals surface area contributed by atoms with E-state index in [0.717, 1.165) is 27.8 Å². The highest BCUT2D eigenvalue weighted by Gasteiger charge is 2.22. The first-order valence-corrected chi connectivity index (χ1v) is 10.2. The van der Waals surface area contributed by atoms with Gasteiger partial charge in [-0.05, 0) is 35.7 Å². The molecule has 4 rings (SSSR count). The van der Waals surface area contributed by atoms with Crippen molar-refractivity contribution in [3.63, 3.8) is 0 Å². The van der Waals surface area contributed by atoms with Gasteiger partial charge in [-0.15, -0.1) is 11.3 Å². The molecular formula is C21H22N2O4S. The molecule has 0 spiro atoms. The van der Waals surface area contributed by atoms with E-state index in [1.807, 2.05) is 35.7 Å². The minimum absolute atomic E-state index is 0.0649. The van der Waals surface area contributed by atoms with Crippen LogP contribution in [0.15, 0.2) is 46.4 Å².